The van der Waals surface area contributed by atoms with Crippen LogP contribution in [0.1, 0.15) is 52.3 Å². The minimum Gasteiger partial charge on any atom is -0.462 e. The minimum atomic E-state index is -0.515. The average Bonchev–Trinajstić information content (AvgIpc) is 2.92. The topological polar surface area (TPSA) is 80.1 Å². The molecule has 2 heterocycles. The first-order chi connectivity index (χ1) is 12.7. The van der Waals surface area contributed by atoms with Gasteiger partial charge in [0.2, 0.25) is 0 Å². The van der Waals surface area contributed by atoms with Gasteiger partial charge >= 0.3 is 5.97 Å². The van der Waals surface area contributed by atoms with Crippen LogP contribution in [0.2, 0.25) is 0 Å². The van der Waals surface area contributed by atoms with E-state index in [9.17, 15) is 14.4 Å². The van der Waals surface area contributed by atoms with Gasteiger partial charge in [-0.3, -0.25) is 9.59 Å². The molecule has 2 amide bonds. The number of carbonyl (C=O) groups excluding carboxylic acids is 3. The number of rotatable bonds is 6. The summed E-state index contributed by atoms with van der Waals surface area (Å²) >= 11 is 1.13. The predicted octanol–water partition coefficient (Wildman–Crippen LogP) is 1.19. The summed E-state index contributed by atoms with van der Waals surface area (Å²) in [6, 6.07) is 0. The highest BCUT2D eigenvalue weighted by Gasteiger charge is 2.28. The van der Waals surface area contributed by atoms with E-state index in [1.165, 1.54) is 9.80 Å². The van der Waals surface area contributed by atoms with Crippen molar-refractivity contribution in [2.75, 3.05) is 45.7 Å². The summed E-state index contributed by atoms with van der Waals surface area (Å²) in [6.07, 6.45) is 2.24. The van der Waals surface area contributed by atoms with Gasteiger partial charge in [-0.2, -0.15) is 0 Å². The second kappa shape index (κ2) is 9.32. The van der Waals surface area contributed by atoms with Crippen LogP contribution in [0.5, 0.6) is 0 Å². The van der Waals surface area contributed by atoms with Crippen molar-refractivity contribution in [1.82, 2.24) is 4.90 Å². The molecule has 0 bridgehead atoms. The maximum Gasteiger partial charge on any atom is 0.341 e. The van der Waals surface area contributed by atoms with Crippen molar-refractivity contribution >= 4 is 34.1 Å². The lowest BCUT2D eigenvalue weighted by Gasteiger charge is -2.26. The van der Waals surface area contributed by atoms with Gasteiger partial charge in [0, 0.05) is 14.1 Å². The molecule has 0 aliphatic carbocycles. The first kappa shape index (κ1) is 21.4. The Labute approximate surface area is 164 Å². The molecule has 0 aromatic carbocycles. The number of carbonyl (C=O) groups is 3. The molecule has 2 rings (SSSR count). The molecule has 1 saturated heterocycles. The summed E-state index contributed by atoms with van der Waals surface area (Å²) in [5.41, 5.74) is 0.828. The number of quaternary nitrogens is 1. The molecule has 1 aromatic heterocycles. The quantitative estimate of drug-likeness (QED) is 0.708. The third-order valence-electron chi connectivity index (χ3n) is 4.87. The Morgan fingerprint density at radius 3 is 2.44 bits per heavy atom. The summed E-state index contributed by atoms with van der Waals surface area (Å²) in [5, 5.41) is 3.24. The van der Waals surface area contributed by atoms with E-state index in [2.05, 4.69) is 12.2 Å². The van der Waals surface area contributed by atoms with E-state index >= 15 is 0 Å². The van der Waals surface area contributed by atoms with Crippen LogP contribution in [0.15, 0.2) is 0 Å². The predicted molar refractivity (Wildman–Crippen MR) is 106 cm³/mol. The van der Waals surface area contributed by atoms with Gasteiger partial charge in [-0.1, -0.05) is 6.92 Å². The molecule has 1 aliphatic heterocycles. The first-order valence-electron chi connectivity index (χ1n) is 9.40. The Morgan fingerprint density at radius 1 is 1.26 bits per heavy atom. The van der Waals surface area contributed by atoms with Gasteiger partial charge in [0.1, 0.15) is 5.00 Å². The number of hydrogen-bond donors (Lipinski definition) is 2. The SMILES string of the molecule is CCOC(=O)c1c(NC(=O)C[NH+]2CCC(C)CC2)sc(C(=O)N(C)C)c1C. The first-order valence-corrected chi connectivity index (χ1v) is 10.2. The smallest absolute Gasteiger partial charge is 0.341 e. The van der Waals surface area contributed by atoms with Gasteiger partial charge in [-0.15, -0.1) is 11.3 Å². The molecule has 1 fully saturated rings. The molecule has 8 heteroatoms. The average molecular weight is 397 g/mol. The number of likely N-dealkylation sites (tertiary alicyclic amines) is 1. The fourth-order valence-corrected chi connectivity index (χ4v) is 4.44. The minimum absolute atomic E-state index is 0.143. The monoisotopic (exact) mass is 396 g/mol. The summed E-state index contributed by atoms with van der Waals surface area (Å²) in [6.45, 7) is 8.23. The highest BCUT2D eigenvalue weighted by Crippen LogP contribution is 2.34. The second-order valence-corrected chi connectivity index (χ2v) is 8.36. The molecule has 1 aromatic rings. The lowest BCUT2D eigenvalue weighted by Crippen LogP contribution is -3.14. The largest absolute Gasteiger partial charge is 0.462 e. The van der Waals surface area contributed by atoms with E-state index in [1.54, 1.807) is 27.9 Å². The number of piperidine rings is 1. The van der Waals surface area contributed by atoms with Gasteiger partial charge in [-0.05, 0) is 38.2 Å². The zero-order valence-corrected chi connectivity index (χ0v) is 17.6. The normalized spacial score (nSPS) is 19.4. The van der Waals surface area contributed by atoms with Crippen LogP contribution in [-0.2, 0) is 9.53 Å². The van der Waals surface area contributed by atoms with Crippen LogP contribution in [0.4, 0.5) is 5.00 Å². The number of ether oxygens (including phenoxy) is 1. The van der Waals surface area contributed by atoms with Crippen molar-refractivity contribution in [1.29, 1.82) is 0 Å². The van der Waals surface area contributed by atoms with E-state index < -0.39 is 5.97 Å². The van der Waals surface area contributed by atoms with E-state index in [-0.39, 0.29) is 24.0 Å². The number of amides is 2. The lowest BCUT2D eigenvalue weighted by atomic mass is 9.99. The van der Waals surface area contributed by atoms with E-state index in [0.29, 0.717) is 27.9 Å². The van der Waals surface area contributed by atoms with E-state index in [1.807, 2.05) is 0 Å². The fraction of sp³-hybridized carbons (Fsp3) is 0.632. The van der Waals surface area contributed by atoms with E-state index in [4.69, 9.17) is 4.74 Å². The third-order valence-corrected chi connectivity index (χ3v) is 6.07. The van der Waals surface area contributed by atoms with Gasteiger partial charge in [0.15, 0.2) is 6.54 Å². The number of anilines is 1. The molecule has 0 unspecified atom stereocenters. The standard InChI is InChI=1S/C19H29N3O4S/c1-6-26-19(25)15-13(3)16(18(24)21(4)5)27-17(15)20-14(23)11-22-9-7-12(2)8-10-22/h12H,6-11H2,1-5H3,(H,20,23)/p+1. The van der Waals surface area contributed by atoms with Crippen LogP contribution >= 0.6 is 11.3 Å². The summed E-state index contributed by atoms with van der Waals surface area (Å²) in [5.74, 6) is -0.139. The molecule has 0 spiro atoms. The zero-order valence-electron chi connectivity index (χ0n) is 16.8. The van der Waals surface area contributed by atoms with Crippen molar-refractivity contribution in [2.45, 2.75) is 33.6 Å². The van der Waals surface area contributed by atoms with Crippen molar-refractivity contribution in [2.24, 2.45) is 5.92 Å². The maximum atomic E-state index is 12.5. The Morgan fingerprint density at radius 2 is 1.89 bits per heavy atom. The zero-order chi connectivity index (χ0) is 20.1. The molecule has 2 N–H and O–H groups in total. The lowest BCUT2D eigenvalue weighted by molar-refractivity contribution is -0.897. The van der Waals surface area contributed by atoms with Crippen molar-refractivity contribution in [3.05, 3.63) is 16.0 Å². The number of nitrogens with zero attached hydrogens (tertiary/aromatic N) is 1. The van der Waals surface area contributed by atoms with Crippen LogP contribution < -0.4 is 10.2 Å². The Kier molecular flexibility index (Phi) is 7.38. The summed E-state index contributed by atoms with van der Waals surface area (Å²) in [4.78, 5) is 40.5. The summed E-state index contributed by atoms with van der Waals surface area (Å²) in [7, 11) is 3.31. The number of hydrogen-bond acceptors (Lipinski definition) is 5. The Balaban J connectivity index is 2.20. The molecular formula is C19H30N3O4S+. The van der Waals surface area contributed by atoms with Gasteiger partial charge in [0.05, 0.1) is 30.1 Å². The van der Waals surface area contributed by atoms with Crippen LogP contribution in [0, 0.1) is 12.8 Å². The van der Waals surface area contributed by atoms with Crippen molar-refractivity contribution in [3.63, 3.8) is 0 Å². The second-order valence-electron chi connectivity index (χ2n) is 7.34. The highest BCUT2D eigenvalue weighted by molar-refractivity contribution is 7.18. The van der Waals surface area contributed by atoms with Gasteiger partial charge in [-0.25, -0.2) is 4.79 Å². The van der Waals surface area contributed by atoms with Crippen LogP contribution in [0.25, 0.3) is 0 Å². The molecule has 7 nitrogen and oxygen atoms in total. The molecule has 0 atom stereocenters. The third kappa shape index (κ3) is 5.29. The maximum absolute atomic E-state index is 12.5. The molecule has 27 heavy (non-hydrogen) atoms. The number of esters is 1. The van der Waals surface area contributed by atoms with Crippen molar-refractivity contribution < 1.29 is 24.0 Å². The summed E-state index contributed by atoms with van der Waals surface area (Å²) < 4.78 is 5.13. The van der Waals surface area contributed by atoms with Crippen LogP contribution in [0.3, 0.4) is 0 Å². The number of thiophene rings is 1. The number of nitrogens with one attached hydrogen (secondary N) is 2. The van der Waals surface area contributed by atoms with Gasteiger partial charge < -0.3 is 19.9 Å². The molecule has 150 valence electrons. The van der Waals surface area contributed by atoms with Gasteiger partial charge in [0.25, 0.3) is 11.8 Å². The molecular weight excluding hydrogens is 366 g/mol. The Hall–Kier alpha value is -1.93. The molecule has 0 radical (unpaired) electrons. The van der Waals surface area contributed by atoms with Crippen molar-refractivity contribution in [3.8, 4) is 0 Å². The molecule has 1 aliphatic rings. The Bertz CT molecular complexity index is 706. The van der Waals surface area contributed by atoms with Crippen LogP contribution in [-0.4, -0.2) is 63.0 Å². The fourth-order valence-electron chi connectivity index (χ4n) is 3.20. The highest BCUT2D eigenvalue weighted by atomic mass is 32.1. The van der Waals surface area contributed by atoms with E-state index in [0.717, 1.165) is 37.3 Å². The molecule has 0 saturated carbocycles.